The van der Waals surface area contributed by atoms with Crippen LogP contribution < -0.4 is 9.47 Å². The van der Waals surface area contributed by atoms with Crippen LogP contribution in [0, 0.1) is 13.0 Å². The molecule has 2 heteroatoms. The summed E-state index contributed by atoms with van der Waals surface area (Å²) in [5, 5.41) is 0. The van der Waals surface area contributed by atoms with Crippen LogP contribution >= 0.6 is 0 Å². The lowest BCUT2D eigenvalue weighted by molar-refractivity contribution is 0.233. The van der Waals surface area contributed by atoms with Crippen molar-refractivity contribution >= 4 is 0 Å². The van der Waals surface area contributed by atoms with Gasteiger partial charge in [0.25, 0.3) is 0 Å². The van der Waals surface area contributed by atoms with Gasteiger partial charge in [-0.3, -0.25) is 0 Å². The second-order valence-corrected chi connectivity index (χ2v) is 4.42. The molecule has 2 aromatic carbocycles. The Kier molecular flexibility index (Phi) is 3.88. The third kappa shape index (κ3) is 3.27. The molecular weight excluding hydrogens is 224 g/mol. The van der Waals surface area contributed by atoms with E-state index in [0.29, 0.717) is 0 Å². The fourth-order valence-corrected chi connectivity index (χ4v) is 1.63. The van der Waals surface area contributed by atoms with Crippen molar-refractivity contribution in [1.82, 2.24) is 0 Å². The van der Waals surface area contributed by atoms with Crippen LogP contribution in [0.15, 0.2) is 42.5 Å². The number of hydrogen-bond donors (Lipinski definition) is 0. The monoisotopic (exact) mass is 241 g/mol. The van der Waals surface area contributed by atoms with E-state index in [1.807, 2.05) is 63.2 Å². The van der Waals surface area contributed by atoms with E-state index >= 15 is 0 Å². The van der Waals surface area contributed by atoms with Crippen LogP contribution in [0.25, 0.3) is 0 Å². The average molecular weight is 241 g/mol. The number of aryl methyl sites for hydroxylation is 1. The highest BCUT2D eigenvalue weighted by atomic mass is 16.5. The molecule has 0 saturated heterocycles. The van der Waals surface area contributed by atoms with Crippen LogP contribution in [-0.2, 0) is 0 Å². The van der Waals surface area contributed by atoms with Gasteiger partial charge in [-0.15, -0.1) is 0 Å². The predicted octanol–water partition coefficient (Wildman–Crippen LogP) is 4.37. The Morgan fingerprint density at radius 2 is 1.78 bits per heavy atom. The first-order valence-electron chi connectivity index (χ1n) is 6.07. The molecule has 0 saturated carbocycles. The van der Waals surface area contributed by atoms with Crippen LogP contribution in [0.2, 0.25) is 0 Å². The smallest absolute Gasteiger partial charge is 0.169 e. The minimum absolute atomic E-state index is 0.126. The van der Waals surface area contributed by atoms with E-state index in [1.54, 1.807) is 0 Å². The highest BCUT2D eigenvalue weighted by Gasteiger charge is 2.07. The van der Waals surface area contributed by atoms with Crippen molar-refractivity contribution in [2.24, 2.45) is 0 Å². The third-order valence-electron chi connectivity index (χ3n) is 2.36. The fraction of sp³-hybridized carbons (Fsp3) is 0.250. The number of para-hydroxylation sites is 2. The highest BCUT2D eigenvalue weighted by Crippen LogP contribution is 2.31. The molecule has 0 N–H and O–H groups in total. The average Bonchev–Trinajstić information content (AvgIpc) is 2.31. The SMILES string of the molecule is Cc1[c]ccc(Oc2ccccc2OC(C)C)c1. The number of rotatable bonds is 4. The normalized spacial score (nSPS) is 10.4. The second kappa shape index (κ2) is 5.58. The quantitative estimate of drug-likeness (QED) is 0.791. The molecule has 0 aromatic heterocycles. The van der Waals surface area contributed by atoms with E-state index in [2.05, 4.69) is 6.07 Å². The Morgan fingerprint density at radius 1 is 1.06 bits per heavy atom. The molecule has 18 heavy (non-hydrogen) atoms. The Morgan fingerprint density at radius 3 is 2.44 bits per heavy atom. The van der Waals surface area contributed by atoms with E-state index in [9.17, 15) is 0 Å². The molecule has 2 aromatic rings. The van der Waals surface area contributed by atoms with Gasteiger partial charge in [0.1, 0.15) is 5.75 Å². The number of hydrogen-bond acceptors (Lipinski definition) is 2. The lowest BCUT2D eigenvalue weighted by Gasteiger charge is -2.14. The van der Waals surface area contributed by atoms with Gasteiger partial charge in [0.2, 0.25) is 0 Å². The maximum atomic E-state index is 5.85. The minimum Gasteiger partial charge on any atom is -0.487 e. The standard InChI is InChI=1S/C16H17O2/c1-12(2)17-15-9-4-5-10-16(15)18-14-8-6-7-13(3)11-14/h4-6,8-12H,1-3H3. The molecule has 93 valence electrons. The minimum atomic E-state index is 0.126. The molecule has 0 amide bonds. The van der Waals surface area contributed by atoms with Gasteiger partial charge in [-0.05, 0) is 56.7 Å². The molecule has 0 aliphatic carbocycles. The molecule has 0 bridgehead atoms. The lowest BCUT2D eigenvalue weighted by atomic mass is 10.2. The van der Waals surface area contributed by atoms with E-state index in [0.717, 1.165) is 22.8 Å². The van der Waals surface area contributed by atoms with E-state index in [4.69, 9.17) is 9.47 Å². The zero-order chi connectivity index (χ0) is 13.0. The summed E-state index contributed by atoms with van der Waals surface area (Å²) in [6.07, 6.45) is 0.126. The summed E-state index contributed by atoms with van der Waals surface area (Å²) < 4.78 is 11.6. The van der Waals surface area contributed by atoms with Gasteiger partial charge in [-0.25, -0.2) is 0 Å². The first-order valence-corrected chi connectivity index (χ1v) is 6.07. The molecule has 0 spiro atoms. The van der Waals surface area contributed by atoms with E-state index in [-0.39, 0.29) is 6.10 Å². The van der Waals surface area contributed by atoms with Crippen molar-refractivity contribution in [3.8, 4) is 17.2 Å². The van der Waals surface area contributed by atoms with Gasteiger partial charge >= 0.3 is 0 Å². The van der Waals surface area contributed by atoms with Gasteiger partial charge in [0.05, 0.1) is 6.10 Å². The highest BCUT2D eigenvalue weighted by molar-refractivity contribution is 5.43. The van der Waals surface area contributed by atoms with Crippen molar-refractivity contribution in [3.05, 3.63) is 54.1 Å². The van der Waals surface area contributed by atoms with Crippen LogP contribution in [0.5, 0.6) is 17.2 Å². The Labute approximate surface area is 108 Å². The van der Waals surface area contributed by atoms with Crippen LogP contribution in [-0.4, -0.2) is 6.10 Å². The summed E-state index contributed by atoms with van der Waals surface area (Å²) in [7, 11) is 0. The summed E-state index contributed by atoms with van der Waals surface area (Å²) in [5.41, 5.74) is 1.05. The largest absolute Gasteiger partial charge is 0.487 e. The maximum absolute atomic E-state index is 5.85. The van der Waals surface area contributed by atoms with E-state index < -0.39 is 0 Å². The van der Waals surface area contributed by atoms with Gasteiger partial charge in [0.15, 0.2) is 11.5 Å². The molecule has 2 nitrogen and oxygen atoms in total. The molecular formula is C16H17O2. The van der Waals surface area contributed by atoms with Crippen molar-refractivity contribution < 1.29 is 9.47 Å². The van der Waals surface area contributed by atoms with Gasteiger partial charge in [-0.1, -0.05) is 18.2 Å². The molecule has 0 aliphatic heterocycles. The molecule has 0 atom stereocenters. The van der Waals surface area contributed by atoms with Crippen molar-refractivity contribution in [2.45, 2.75) is 26.9 Å². The molecule has 0 fully saturated rings. The van der Waals surface area contributed by atoms with Gasteiger partial charge in [-0.2, -0.15) is 0 Å². The van der Waals surface area contributed by atoms with Crippen molar-refractivity contribution in [1.29, 1.82) is 0 Å². The van der Waals surface area contributed by atoms with Gasteiger partial charge in [0, 0.05) is 0 Å². The number of benzene rings is 2. The van der Waals surface area contributed by atoms with Crippen LogP contribution in [0.1, 0.15) is 19.4 Å². The number of ether oxygens (including phenoxy) is 2. The lowest BCUT2D eigenvalue weighted by Crippen LogP contribution is -2.06. The molecule has 0 heterocycles. The van der Waals surface area contributed by atoms with Crippen LogP contribution in [0.4, 0.5) is 0 Å². The molecule has 2 rings (SSSR count). The molecule has 1 radical (unpaired) electrons. The molecule has 0 aliphatic rings. The predicted molar refractivity (Wildman–Crippen MR) is 72.3 cm³/mol. The summed E-state index contributed by atoms with van der Waals surface area (Å²) in [5.74, 6) is 2.29. The second-order valence-electron chi connectivity index (χ2n) is 4.42. The first-order chi connectivity index (χ1) is 8.65. The topological polar surface area (TPSA) is 18.5 Å². The van der Waals surface area contributed by atoms with Crippen LogP contribution in [0.3, 0.4) is 0 Å². The maximum Gasteiger partial charge on any atom is 0.169 e. The summed E-state index contributed by atoms with van der Waals surface area (Å²) in [6.45, 7) is 5.99. The van der Waals surface area contributed by atoms with Crippen molar-refractivity contribution in [3.63, 3.8) is 0 Å². The Balaban J connectivity index is 2.23. The molecule has 0 unspecified atom stereocenters. The summed E-state index contributed by atoms with van der Waals surface area (Å²) in [6, 6.07) is 16.5. The zero-order valence-electron chi connectivity index (χ0n) is 10.9. The fourth-order valence-electron chi connectivity index (χ4n) is 1.63. The first kappa shape index (κ1) is 12.5. The van der Waals surface area contributed by atoms with Gasteiger partial charge < -0.3 is 9.47 Å². The Bertz CT molecular complexity index is 518. The summed E-state index contributed by atoms with van der Waals surface area (Å²) in [4.78, 5) is 0. The summed E-state index contributed by atoms with van der Waals surface area (Å²) >= 11 is 0. The van der Waals surface area contributed by atoms with Crippen molar-refractivity contribution in [2.75, 3.05) is 0 Å². The third-order valence-corrected chi connectivity index (χ3v) is 2.36. The van der Waals surface area contributed by atoms with E-state index in [1.165, 1.54) is 0 Å². The Hall–Kier alpha value is -1.96. The zero-order valence-corrected chi connectivity index (χ0v) is 10.9.